The van der Waals surface area contributed by atoms with Gasteiger partial charge in [0.1, 0.15) is 0 Å². The summed E-state index contributed by atoms with van der Waals surface area (Å²) < 4.78 is 0. The van der Waals surface area contributed by atoms with Crippen LogP contribution in [0.5, 0.6) is 0 Å². The molecule has 0 heterocycles. The van der Waals surface area contributed by atoms with Crippen LogP contribution in [-0.2, 0) is 17.6 Å². The number of carbonyl (C=O) groups excluding carboxylic acids is 1. The summed E-state index contributed by atoms with van der Waals surface area (Å²) in [5, 5.41) is 6.65. The highest BCUT2D eigenvalue weighted by atomic mass is 16.1. The van der Waals surface area contributed by atoms with E-state index in [9.17, 15) is 4.79 Å². The Morgan fingerprint density at radius 3 is 2.89 bits per heavy atom. The molecule has 3 rings (SSSR count). The SMILES string of the molecule is CC(=O)Nc1cccc2c1CCC(NCC1CC1)C2. The van der Waals surface area contributed by atoms with Crippen molar-refractivity contribution in [2.24, 2.45) is 5.92 Å². The fourth-order valence-electron chi connectivity index (χ4n) is 2.94. The summed E-state index contributed by atoms with van der Waals surface area (Å²) in [5.41, 5.74) is 3.73. The second kappa shape index (κ2) is 5.33. The Bertz CT molecular complexity index is 480. The lowest BCUT2D eigenvalue weighted by molar-refractivity contribution is -0.114. The van der Waals surface area contributed by atoms with Crippen LogP contribution in [0.2, 0.25) is 0 Å². The highest BCUT2D eigenvalue weighted by molar-refractivity contribution is 5.89. The van der Waals surface area contributed by atoms with Crippen molar-refractivity contribution in [3.8, 4) is 0 Å². The molecule has 0 aromatic heterocycles. The van der Waals surface area contributed by atoms with Gasteiger partial charge in [-0.1, -0.05) is 12.1 Å². The molecule has 3 heteroatoms. The smallest absolute Gasteiger partial charge is 0.221 e. The lowest BCUT2D eigenvalue weighted by Gasteiger charge is -2.27. The Morgan fingerprint density at radius 1 is 1.32 bits per heavy atom. The topological polar surface area (TPSA) is 41.1 Å². The minimum absolute atomic E-state index is 0.0161. The Morgan fingerprint density at radius 2 is 2.16 bits per heavy atom. The summed E-state index contributed by atoms with van der Waals surface area (Å²) >= 11 is 0. The molecule has 0 saturated heterocycles. The number of nitrogens with one attached hydrogen (secondary N) is 2. The number of benzene rings is 1. The van der Waals surface area contributed by atoms with E-state index in [4.69, 9.17) is 0 Å². The predicted octanol–water partition coefficient (Wildman–Crippen LogP) is 2.50. The highest BCUT2D eigenvalue weighted by Crippen LogP contribution is 2.30. The molecule has 1 aromatic rings. The van der Waals surface area contributed by atoms with E-state index in [0.29, 0.717) is 6.04 Å². The molecule has 1 amide bonds. The minimum Gasteiger partial charge on any atom is -0.326 e. The first-order chi connectivity index (χ1) is 9.22. The van der Waals surface area contributed by atoms with Crippen molar-refractivity contribution in [1.29, 1.82) is 0 Å². The Kier molecular flexibility index (Phi) is 3.56. The number of anilines is 1. The van der Waals surface area contributed by atoms with Crippen LogP contribution < -0.4 is 10.6 Å². The fourth-order valence-corrected chi connectivity index (χ4v) is 2.94. The van der Waals surface area contributed by atoms with Crippen molar-refractivity contribution in [2.75, 3.05) is 11.9 Å². The number of amides is 1. The standard InChI is InChI=1S/C16H22N2O/c1-11(19)18-16-4-2-3-13-9-14(7-8-15(13)16)17-10-12-5-6-12/h2-4,12,14,17H,5-10H2,1H3,(H,18,19). The van der Waals surface area contributed by atoms with Crippen molar-refractivity contribution >= 4 is 11.6 Å². The first kappa shape index (κ1) is 12.7. The van der Waals surface area contributed by atoms with Crippen LogP contribution in [-0.4, -0.2) is 18.5 Å². The highest BCUT2D eigenvalue weighted by Gasteiger charge is 2.25. The van der Waals surface area contributed by atoms with Gasteiger partial charge in [0.25, 0.3) is 0 Å². The zero-order valence-corrected chi connectivity index (χ0v) is 11.5. The first-order valence-electron chi connectivity index (χ1n) is 7.34. The molecular formula is C16H22N2O. The molecule has 1 aromatic carbocycles. The summed E-state index contributed by atoms with van der Waals surface area (Å²) in [6, 6.07) is 6.87. The number of carbonyl (C=O) groups is 1. The number of hydrogen-bond acceptors (Lipinski definition) is 2. The Balaban J connectivity index is 1.68. The molecule has 0 spiro atoms. The molecule has 2 aliphatic rings. The van der Waals surface area contributed by atoms with Crippen molar-refractivity contribution in [1.82, 2.24) is 5.32 Å². The Labute approximate surface area is 114 Å². The molecule has 0 bridgehead atoms. The largest absolute Gasteiger partial charge is 0.326 e. The van der Waals surface area contributed by atoms with Crippen LogP contribution in [0.3, 0.4) is 0 Å². The Hall–Kier alpha value is -1.35. The van der Waals surface area contributed by atoms with E-state index < -0.39 is 0 Å². The molecule has 19 heavy (non-hydrogen) atoms. The average molecular weight is 258 g/mol. The monoisotopic (exact) mass is 258 g/mol. The molecule has 102 valence electrons. The summed E-state index contributed by atoms with van der Waals surface area (Å²) in [5.74, 6) is 0.953. The van der Waals surface area contributed by atoms with E-state index in [1.807, 2.05) is 12.1 Å². The summed E-state index contributed by atoms with van der Waals surface area (Å²) in [4.78, 5) is 11.2. The van der Waals surface area contributed by atoms with Crippen LogP contribution in [0.15, 0.2) is 18.2 Å². The van der Waals surface area contributed by atoms with Crippen LogP contribution in [0, 0.1) is 5.92 Å². The van der Waals surface area contributed by atoms with Crippen molar-refractivity contribution in [3.05, 3.63) is 29.3 Å². The van der Waals surface area contributed by atoms with Gasteiger partial charge in [-0.25, -0.2) is 0 Å². The molecule has 2 N–H and O–H groups in total. The van der Waals surface area contributed by atoms with Gasteiger partial charge in [0, 0.05) is 18.7 Å². The maximum Gasteiger partial charge on any atom is 0.221 e. The van der Waals surface area contributed by atoms with Crippen molar-refractivity contribution < 1.29 is 4.79 Å². The van der Waals surface area contributed by atoms with Crippen LogP contribution in [0.1, 0.15) is 37.3 Å². The fraction of sp³-hybridized carbons (Fsp3) is 0.562. The van der Waals surface area contributed by atoms with Gasteiger partial charge in [-0.05, 0) is 61.8 Å². The third-order valence-corrected chi connectivity index (χ3v) is 4.18. The number of fused-ring (bicyclic) bond motifs is 1. The molecule has 3 nitrogen and oxygen atoms in total. The second-order valence-electron chi connectivity index (χ2n) is 5.92. The maximum absolute atomic E-state index is 11.2. The van der Waals surface area contributed by atoms with Gasteiger partial charge in [-0.2, -0.15) is 0 Å². The van der Waals surface area contributed by atoms with Gasteiger partial charge in [-0.3, -0.25) is 4.79 Å². The van der Waals surface area contributed by atoms with E-state index in [-0.39, 0.29) is 5.91 Å². The molecule has 1 saturated carbocycles. The first-order valence-corrected chi connectivity index (χ1v) is 7.34. The van der Waals surface area contributed by atoms with E-state index in [0.717, 1.165) is 24.4 Å². The summed E-state index contributed by atoms with van der Waals surface area (Å²) in [6.07, 6.45) is 6.14. The molecule has 2 aliphatic carbocycles. The molecule has 1 atom stereocenters. The van der Waals surface area contributed by atoms with Crippen LogP contribution in [0.4, 0.5) is 5.69 Å². The van der Waals surface area contributed by atoms with Crippen molar-refractivity contribution in [3.63, 3.8) is 0 Å². The third-order valence-electron chi connectivity index (χ3n) is 4.18. The van der Waals surface area contributed by atoms with Gasteiger partial charge < -0.3 is 10.6 Å². The summed E-state index contributed by atoms with van der Waals surface area (Å²) in [6.45, 7) is 2.76. The average Bonchev–Trinajstić information content (AvgIpc) is 3.20. The number of hydrogen-bond donors (Lipinski definition) is 2. The van der Waals surface area contributed by atoms with Gasteiger partial charge in [0.2, 0.25) is 5.91 Å². The van der Waals surface area contributed by atoms with Crippen molar-refractivity contribution in [2.45, 2.75) is 45.1 Å². The molecule has 1 unspecified atom stereocenters. The van der Waals surface area contributed by atoms with Crippen LogP contribution >= 0.6 is 0 Å². The zero-order chi connectivity index (χ0) is 13.2. The van der Waals surface area contributed by atoms with E-state index in [2.05, 4.69) is 16.7 Å². The molecule has 1 fully saturated rings. The van der Waals surface area contributed by atoms with Gasteiger partial charge >= 0.3 is 0 Å². The molecule has 0 radical (unpaired) electrons. The normalized spacial score (nSPS) is 21.8. The predicted molar refractivity (Wildman–Crippen MR) is 77.3 cm³/mol. The lowest BCUT2D eigenvalue weighted by atomic mass is 9.87. The third kappa shape index (κ3) is 3.16. The molecule has 0 aliphatic heterocycles. The van der Waals surface area contributed by atoms with E-state index >= 15 is 0 Å². The quantitative estimate of drug-likeness (QED) is 0.871. The summed E-state index contributed by atoms with van der Waals surface area (Å²) in [7, 11) is 0. The molecular weight excluding hydrogens is 236 g/mol. The lowest BCUT2D eigenvalue weighted by Crippen LogP contribution is -2.36. The zero-order valence-electron chi connectivity index (χ0n) is 11.5. The minimum atomic E-state index is 0.0161. The van der Waals surface area contributed by atoms with Gasteiger partial charge in [-0.15, -0.1) is 0 Å². The van der Waals surface area contributed by atoms with Crippen LogP contribution in [0.25, 0.3) is 0 Å². The second-order valence-corrected chi connectivity index (χ2v) is 5.92. The maximum atomic E-state index is 11.2. The van der Waals surface area contributed by atoms with Gasteiger partial charge in [0.05, 0.1) is 0 Å². The van der Waals surface area contributed by atoms with E-state index in [1.54, 1.807) is 6.92 Å². The van der Waals surface area contributed by atoms with E-state index in [1.165, 1.54) is 36.9 Å². The number of rotatable bonds is 4. The van der Waals surface area contributed by atoms with Gasteiger partial charge in [0.15, 0.2) is 0 Å².